The highest BCUT2D eigenvalue weighted by molar-refractivity contribution is 6.17. The van der Waals surface area contributed by atoms with Gasteiger partial charge in [0, 0.05) is 12.9 Å². The van der Waals surface area contributed by atoms with Gasteiger partial charge in [0.2, 0.25) is 5.91 Å². The minimum absolute atomic E-state index is 0.0699. The number of rotatable bonds is 1. The number of amides is 1. The Hall–Kier alpha value is -1.22. The number of halogens is 1. The lowest BCUT2D eigenvalue weighted by molar-refractivity contribution is -0.118. The van der Waals surface area contributed by atoms with Gasteiger partial charge in [-0.25, -0.2) is 0 Å². The Balaban J connectivity index is 2.45. The lowest BCUT2D eigenvalue weighted by atomic mass is 10.2. The number of nitrogens with zero attached hydrogens (tertiary/aromatic N) is 1. The van der Waals surface area contributed by atoms with Crippen molar-refractivity contribution in [2.75, 3.05) is 18.6 Å². The van der Waals surface area contributed by atoms with Crippen LogP contribution in [0.5, 0.6) is 5.75 Å². The van der Waals surface area contributed by atoms with E-state index in [1.165, 1.54) is 0 Å². The molecule has 0 bridgehead atoms. The van der Waals surface area contributed by atoms with Crippen molar-refractivity contribution in [3.05, 3.63) is 23.8 Å². The summed E-state index contributed by atoms with van der Waals surface area (Å²) in [4.78, 5) is 13.2. The van der Waals surface area contributed by atoms with E-state index in [4.69, 9.17) is 16.3 Å². The topological polar surface area (TPSA) is 29.5 Å². The molecule has 1 aliphatic rings. The second-order valence-corrected chi connectivity index (χ2v) is 3.75. The molecular formula is C11H12ClNO2. The van der Waals surface area contributed by atoms with Crippen LogP contribution in [0.1, 0.15) is 12.0 Å². The molecule has 0 spiro atoms. The first-order chi connectivity index (χ1) is 7.22. The Morgan fingerprint density at radius 1 is 1.53 bits per heavy atom. The van der Waals surface area contributed by atoms with Crippen LogP contribution in [0, 0.1) is 0 Å². The molecular weight excluding hydrogens is 214 g/mol. The fourth-order valence-electron chi connectivity index (χ4n) is 1.58. The van der Waals surface area contributed by atoms with Crippen LogP contribution >= 0.6 is 11.6 Å². The third-order valence-electron chi connectivity index (χ3n) is 2.49. The minimum atomic E-state index is 0.0699. The van der Waals surface area contributed by atoms with Gasteiger partial charge < -0.3 is 9.64 Å². The Labute approximate surface area is 93.6 Å². The predicted octanol–water partition coefficient (Wildman–Crippen LogP) is 2.17. The number of ether oxygens (including phenoxy) is 1. The molecule has 4 heteroatoms. The monoisotopic (exact) mass is 225 g/mol. The molecule has 0 aromatic heterocycles. The summed E-state index contributed by atoms with van der Waals surface area (Å²) in [5.41, 5.74) is 1.79. The first-order valence-electron chi connectivity index (χ1n) is 4.80. The molecule has 0 saturated carbocycles. The van der Waals surface area contributed by atoms with Crippen molar-refractivity contribution in [1.82, 2.24) is 0 Å². The molecule has 1 aliphatic heterocycles. The summed E-state index contributed by atoms with van der Waals surface area (Å²) in [5, 5.41) is 0. The maximum atomic E-state index is 11.6. The van der Waals surface area contributed by atoms with Gasteiger partial charge in [0.1, 0.15) is 5.75 Å². The van der Waals surface area contributed by atoms with Gasteiger partial charge >= 0.3 is 0 Å². The average molecular weight is 226 g/mol. The standard InChI is InChI=1S/C11H12ClNO2/c1-13-9-6-8(7-12)2-3-10(9)15-5-4-11(13)14/h2-3,6H,4-5,7H2,1H3. The van der Waals surface area contributed by atoms with Gasteiger partial charge in [-0.2, -0.15) is 0 Å². The summed E-state index contributed by atoms with van der Waals surface area (Å²) in [6, 6.07) is 5.67. The second kappa shape index (κ2) is 4.11. The number of benzene rings is 1. The molecule has 0 atom stereocenters. The van der Waals surface area contributed by atoms with Crippen LogP contribution in [0.2, 0.25) is 0 Å². The highest BCUT2D eigenvalue weighted by Crippen LogP contribution is 2.31. The van der Waals surface area contributed by atoms with Crippen LogP contribution in [0.15, 0.2) is 18.2 Å². The lowest BCUT2D eigenvalue weighted by Gasteiger charge is -2.16. The number of hydrogen-bond acceptors (Lipinski definition) is 2. The third-order valence-corrected chi connectivity index (χ3v) is 2.80. The molecule has 15 heavy (non-hydrogen) atoms. The lowest BCUT2D eigenvalue weighted by Crippen LogP contribution is -2.25. The van der Waals surface area contributed by atoms with Crippen LogP contribution in [0.25, 0.3) is 0 Å². The molecule has 0 radical (unpaired) electrons. The maximum absolute atomic E-state index is 11.6. The van der Waals surface area contributed by atoms with E-state index in [1.807, 2.05) is 18.2 Å². The number of anilines is 1. The molecule has 3 nitrogen and oxygen atoms in total. The van der Waals surface area contributed by atoms with E-state index >= 15 is 0 Å². The van der Waals surface area contributed by atoms with E-state index in [0.717, 1.165) is 17.0 Å². The Bertz CT molecular complexity index is 392. The van der Waals surface area contributed by atoms with E-state index in [2.05, 4.69) is 0 Å². The van der Waals surface area contributed by atoms with E-state index in [-0.39, 0.29) is 5.91 Å². The molecule has 1 amide bonds. The number of hydrogen-bond donors (Lipinski definition) is 0. The third kappa shape index (κ3) is 1.92. The average Bonchev–Trinajstić information content (AvgIpc) is 2.40. The Kier molecular flexibility index (Phi) is 2.82. The predicted molar refractivity (Wildman–Crippen MR) is 59.5 cm³/mol. The van der Waals surface area contributed by atoms with Gasteiger partial charge in [0.15, 0.2) is 0 Å². The van der Waals surface area contributed by atoms with E-state index in [1.54, 1.807) is 11.9 Å². The van der Waals surface area contributed by atoms with Gasteiger partial charge in [-0.15, -0.1) is 11.6 Å². The second-order valence-electron chi connectivity index (χ2n) is 3.49. The molecule has 0 aliphatic carbocycles. The number of fused-ring (bicyclic) bond motifs is 1. The van der Waals surface area contributed by atoms with Crippen molar-refractivity contribution in [2.45, 2.75) is 12.3 Å². The summed E-state index contributed by atoms with van der Waals surface area (Å²) in [5.74, 6) is 1.26. The minimum Gasteiger partial charge on any atom is -0.491 e. The first-order valence-corrected chi connectivity index (χ1v) is 5.34. The number of carbonyl (C=O) groups is 1. The normalized spacial score (nSPS) is 15.6. The van der Waals surface area contributed by atoms with Crippen LogP contribution in [-0.2, 0) is 10.7 Å². The van der Waals surface area contributed by atoms with Crippen LogP contribution in [0.4, 0.5) is 5.69 Å². The molecule has 80 valence electrons. The van der Waals surface area contributed by atoms with Gasteiger partial charge in [0.05, 0.1) is 18.7 Å². The van der Waals surface area contributed by atoms with Gasteiger partial charge in [-0.05, 0) is 17.7 Å². The van der Waals surface area contributed by atoms with Gasteiger partial charge in [-0.1, -0.05) is 6.07 Å². The van der Waals surface area contributed by atoms with Crippen molar-refractivity contribution < 1.29 is 9.53 Å². The van der Waals surface area contributed by atoms with E-state index in [0.29, 0.717) is 18.9 Å². The molecule has 2 rings (SSSR count). The van der Waals surface area contributed by atoms with Crippen molar-refractivity contribution in [3.8, 4) is 5.75 Å². The fourth-order valence-corrected chi connectivity index (χ4v) is 1.75. The summed E-state index contributed by atoms with van der Waals surface area (Å²) in [6.45, 7) is 0.441. The largest absolute Gasteiger partial charge is 0.491 e. The zero-order valence-electron chi connectivity index (χ0n) is 8.50. The maximum Gasteiger partial charge on any atom is 0.230 e. The molecule has 0 fully saturated rings. The molecule has 1 heterocycles. The van der Waals surface area contributed by atoms with Gasteiger partial charge in [0.25, 0.3) is 0 Å². The summed E-state index contributed by atoms with van der Waals surface area (Å²) in [7, 11) is 1.76. The van der Waals surface area contributed by atoms with E-state index in [9.17, 15) is 4.79 Å². The number of carbonyl (C=O) groups excluding carboxylic acids is 1. The summed E-state index contributed by atoms with van der Waals surface area (Å²) < 4.78 is 5.48. The SMILES string of the molecule is CN1C(=O)CCOc2ccc(CCl)cc21. The Morgan fingerprint density at radius 2 is 2.33 bits per heavy atom. The smallest absolute Gasteiger partial charge is 0.230 e. The van der Waals surface area contributed by atoms with Crippen molar-refractivity contribution >= 4 is 23.2 Å². The quantitative estimate of drug-likeness (QED) is 0.686. The zero-order valence-corrected chi connectivity index (χ0v) is 9.25. The number of alkyl halides is 1. The first kappa shape index (κ1) is 10.3. The Morgan fingerprint density at radius 3 is 3.07 bits per heavy atom. The zero-order chi connectivity index (χ0) is 10.8. The molecule has 0 unspecified atom stereocenters. The van der Waals surface area contributed by atoms with Crippen molar-refractivity contribution in [2.24, 2.45) is 0 Å². The molecule has 1 aromatic carbocycles. The van der Waals surface area contributed by atoms with Crippen LogP contribution in [-0.4, -0.2) is 19.6 Å². The van der Waals surface area contributed by atoms with Crippen LogP contribution in [0.3, 0.4) is 0 Å². The van der Waals surface area contributed by atoms with Crippen molar-refractivity contribution in [1.29, 1.82) is 0 Å². The molecule has 0 N–H and O–H groups in total. The summed E-state index contributed by atoms with van der Waals surface area (Å²) in [6.07, 6.45) is 0.418. The highest BCUT2D eigenvalue weighted by atomic mass is 35.5. The highest BCUT2D eigenvalue weighted by Gasteiger charge is 2.19. The molecule has 0 saturated heterocycles. The van der Waals surface area contributed by atoms with E-state index < -0.39 is 0 Å². The van der Waals surface area contributed by atoms with Crippen molar-refractivity contribution in [3.63, 3.8) is 0 Å². The summed E-state index contributed by atoms with van der Waals surface area (Å²) >= 11 is 5.75. The van der Waals surface area contributed by atoms with Gasteiger partial charge in [-0.3, -0.25) is 4.79 Å². The molecule has 1 aromatic rings. The van der Waals surface area contributed by atoms with Crippen LogP contribution < -0.4 is 9.64 Å². The fraction of sp³-hybridized carbons (Fsp3) is 0.364.